The molecule has 9 heavy (non-hydrogen) atoms. The van der Waals surface area contributed by atoms with Crippen molar-refractivity contribution in [2.45, 2.75) is 20.3 Å². The zero-order valence-corrected chi connectivity index (χ0v) is 7.01. The van der Waals surface area contributed by atoms with Crippen LogP contribution in [0.2, 0.25) is 4.47 Å². The molecule has 0 spiro atoms. The topological polar surface area (TPSA) is 12.9 Å². The number of nitrogens with zero attached hydrogens (tertiary/aromatic N) is 1. The molecule has 0 N–H and O–H groups in total. The molecule has 0 saturated carbocycles. The largest absolute Gasteiger partial charge is 0.230 e. The first-order valence-electron chi connectivity index (χ1n) is 2.86. The maximum atomic E-state index is 5.65. The molecule has 0 amide bonds. The minimum atomic E-state index is 0.657. The number of rotatable bonds is 1. The fraction of sp³-hybridized carbons (Fsp3) is 0.500. The summed E-state index contributed by atoms with van der Waals surface area (Å²) in [6, 6.07) is 0. The molecule has 0 atom stereocenters. The Labute approximate surface area is 63.7 Å². The van der Waals surface area contributed by atoms with Gasteiger partial charge in [-0.15, -0.1) is 11.3 Å². The summed E-state index contributed by atoms with van der Waals surface area (Å²) in [5.41, 5.74) is 1.13. The van der Waals surface area contributed by atoms with Gasteiger partial charge >= 0.3 is 0 Å². The van der Waals surface area contributed by atoms with Crippen molar-refractivity contribution in [2.24, 2.45) is 0 Å². The highest BCUT2D eigenvalue weighted by Crippen LogP contribution is 2.21. The van der Waals surface area contributed by atoms with E-state index in [1.54, 1.807) is 11.3 Å². The highest BCUT2D eigenvalue weighted by Gasteiger charge is 2.01. The SMILES string of the molecule is CCc1nc(Cl)sc1C. The van der Waals surface area contributed by atoms with Gasteiger partial charge in [0.1, 0.15) is 0 Å². The molecule has 0 aromatic carbocycles. The molecule has 0 aliphatic rings. The highest BCUT2D eigenvalue weighted by atomic mass is 35.5. The molecule has 1 aromatic heterocycles. The van der Waals surface area contributed by atoms with Crippen molar-refractivity contribution in [1.82, 2.24) is 4.98 Å². The zero-order valence-electron chi connectivity index (χ0n) is 5.44. The number of aromatic nitrogens is 1. The third kappa shape index (κ3) is 1.43. The first-order chi connectivity index (χ1) is 4.24. The van der Waals surface area contributed by atoms with Crippen molar-refractivity contribution in [1.29, 1.82) is 0 Å². The highest BCUT2D eigenvalue weighted by molar-refractivity contribution is 7.15. The van der Waals surface area contributed by atoms with Gasteiger partial charge < -0.3 is 0 Å². The quantitative estimate of drug-likeness (QED) is 0.617. The molecular formula is C6H8ClNS. The molecular weight excluding hydrogens is 154 g/mol. The molecule has 1 heterocycles. The molecule has 3 heteroatoms. The van der Waals surface area contributed by atoms with Gasteiger partial charge in [0.15, 0.2) is 4.47 Å². The van der Waals surface area contributed by atoms with Crippen molar-refractivity contribution in [2.75, 3.05) is 0 Å². The summed E-state index contributed by atoms with van der Waals surface area (Å²) in [6.45, 7) is 4.13. The van der Waals surface area contributed by atoms with Crippen LogP contribution in [0.5, 0.6) is 0 Å². The molecule has 0 bridgehead atoms. The van der Waals surface area contributed by atoms with Gasteiger partial charge in [0.05, 0.1) is 5.69 Å². The Hall–Kier alpha value is -0.0800. The van der Waals surface area contributed by atoms with Crippen molar-refractivity contribution in [3.8, 4) is 0 Å². The van der Waals surface area contributed by atoms with Crippen LogP contribution in [0.1, 0.15) is 17.5 Å². The fourth-order valence-electron chi connectivity index (χ4n) is 0.721. The Morgan fingerprint density at radius 3 is 2.56 bits per heavy atom. The van der Waals surface area contributed by atoms with Gasteiger partial charge in [0, 0.05) is 4.88 Å². The molecule has 0 radical (unpaired) electrons. The van der Waals surface area contributed by atoms with Crippen LogP contribution >= 0.6 is 22.9 Å². The van der Waals surface area contributed by atoms with E-state index in [0.717, 1.165) is 12.1 Å². The second-order valence-corrected chi connectivity index (χ2v) is 3.61. The van der Waals surface area contributed by atoms with Crippen LogP contribution in [0.4, 0.5) is 0 Å². The van der Waals surface area contributed by atoms with E-state index < -0.39 is 0 Å². The van der Waals surface area contributed by atoms with Crippen molar-refractivity contribution in [3.05, 3.63) is 15.0 Å². The van der Waals surface area contributed by atoms with Crippen molar-refractivity contribution < 1.29 is 0 Å². The van der Waals surface area contributed by atoms with Crippen molar-refractivity contribution >= 4 is 22.9 Å². The van der Waals surface area contributed by atoms with Crippen LogP contribution in [0, 0.1) is 6.92 Å². The molecule has 50 valence electrons. The van der Waals surface area contributed by atoms with Crippen LogP contribution < -0.4 is 0 Å². The lowest BCUT2D eigenvalue weighted by Gasteiger charge is -1.85. The van der Waals surface area contributed by atoms with E-state index in [2.05, 4.69) is 11.9 Å². The van der Waals surface area contributed by atoms with Gasteiger partial charge in [-0.3, -0.25) is 0 Å². The lowest BCUT2D eigenvalue weighted by molar-refractivity contribution is 1.04. The van der Waals surface area contributed by atoms with E-state index in [0.29, 0.717) is 4.47 Å². The van der Waals surface area contributed by atoms with Crippen molar-refractivity contribution in [3.63, 3.8) is 0 Å². The Balaban J connectivity index is 3.01. The van der Waals surface area contributed by atoms with Crippen LogP contribution in [0.25, 0.3) is 0 Å². The van der Waals surface area contributed by atoms with E-state index >= 15 is 0 Å². The normalized spacial score (nSPS) is 10.1. The van der Waals surface area contributed by atoms with Gasteiger partial charge in [-0.25, -0.2) is 4.98 Å². The summed E-state index contributed by atoms with van der Waals surface area (Å²) in [7, 11) is 0. The van der Waals surface area contributed by atoms with Crippen LogP contribution in [0.3, 0.4) is 0 Å². The summed E-state index contributed by atoms with van der Waals surface area (Å²) in [4.78, 5) is 5.35. The minimum absolute atomic E-state index is 0.657. The second kappa shape index (κ2) is 2.67. The lowest BCUT2D eigenvalue weighted by atomic mass is 10.3. The smallest absolute Gasteiger partial charge is 0.184 e. The lowest BCUT2D eigenvalue weighted by Crippen LogP contribution is -1.80. The van der Waals surface area contributed by atoms with Gasteiger partial charge in [-0.1, -0.05) is 18.5 Å². The number of aryl methyl sites for hydroxylation is 2. The first kappa shape index (κ1) is 7.03. The third-order valence-corrected chi connectivity index (χ3v) is 2.32. The Morgan fingerprint density at radius 2 is 2.33 bits per heavy atom. The van der Waals surface area contributed by atoms with E-state index in [9.17, 15) is 0 Å². The summed E-state index contributed by atoms with van der Waals surface area (Å²) in [6.07, 6.45) is 0.981. The standard InChI is InChI=1S/C6H8ClNS/c1-3-5-4(2)9-6(7)8-5/h3H2,1-2H3. The summed E-state index contributed by atoms with van der Waals surface area (Å²) in [5.74, 6) is 0. The second-order valence-electron chi connectivity index (χ2n) is 1.82. The molecule has 1 rings (SSSR count). The Bertz CT molecular complexity index is 207. The number of hydrogen-bond donors (Lipinski definition) is 0. The van der Waals surface area contributed by atoms with Crippen LogP contribution in [-0.4, -0.2) is 4.98 Å². The minimum Gasteiger partial charge on any atom is -0.230 e. The summed E-state index contributed by atoms with van der Waals surface area (Å²) in [5, 5.41) is 0. The Morgan fingerprint density at radius 1 is 1.67 bits per heavy atom. The fourth-order valence-corrected chi connectivity index (χ4v) is 1.89. The van der Waals surface area contributed by atoms with Gasteiger partial charge in [0.25, 0.3) is 0 Å². The van der Waals surface area contributed by atoms with Crippen LogP contribution in [-0.2, 0) is 6.42 Å². The van der Waals surface area contributed by atoms with Gasteiger partial charge in [-0.2, -0.15) is 0 Å². The monoisotopic (exact) mass is 161 g/mol. The maximum absolute atomic E-state index is 5.65. The maximum Gasteiger partial charge on any atom is 0.184 e. The van der Waals surface area contributed by atoms with Gasteiger partial charge in [-0.05, 0) is 13.3 Å². The predicted octanol–water partition coefficient (Wildman–Crippen LogP) is 2.67. The van der Waals surface area contributed by atoms with E-state index in [4.69, 9.17) is 11.6 Å². The average molecular weight is 162 g/mol. The molecule has 0 aliphatic carbocycles. The molecule has 0 aliphatic heterocycles. The molecule has 0 fully saturated rings. The molecule has 1 nitrogen and oxygen atoms in total. The van der Waals surface area contributed by atoms with E-state index in [-0.39, 0.29) is 0 Å². The average Bonchev–Trinajstić information content (AvgIpc) is 2.10. The number of hydrogen-bond acceptors (Lipinski definition) is 2. The van der Waals surface area contributed by atoms with E-state index in [1.807, 2.05) is 6.92 Å². The number of thiazole rings is 1. The summed E-state index contributed by atoms with van der Waals surface area (Å²) >= 11 is 7.20. The van der Waals surface area contributed by atoms with Gasteiger partial charge in [0.2, 0.25) is 0 Å². The summed E-state index contributed by atoms with van der Waals surface area (Å²) < 4.78 is 0.657. The molecule has 1 aromatic rings. The molecule has 0 unspecified atom stereocenters. The molecule has 0 saturated heterocycles. The third-order valence-electron chi connectivity index (χ3n) is 1.20. The zero-order chi connectivity index (χ0) is 6.85. The van der Waals surface area contributed by atoms with Crippen LogP contribution in [0.15, 0.2) is 0 Å². The predicted molar refractivity (Wildman–Crippen MR) is 41.2 cm³/mol. The first-order valence-corrected chi connectivity index (χ1v) is 4.05. The number of halogens is 1. The van der Waals surface area contributed by atoms with E-state index in [1.165, 1.54) is 4.88 Å². The Kier molecular flexibility index (Phi) is 2.09.